The van der Waals surface area contributed by atoms with Gasteiger partial charge in [-0.3, -0.25) is 9.59 Å². The normalized spacial score (nSPS) is 10.6. The van der Waals surface area contributed by atoms with Crippen molar-refractivity contribution in [3.8, 4) is 5.69 Å². The van der Waals surface area contributed by atoms with E-state index in [0.717, 1.165) is 17.8 Å². The third-order valence-electron chi connectivity index (χ3n) is 3.49. The highest BCUT2D eigenvalue weighted by Gasteiger charge is 2.10. The van der Waals surface area contributed by atoms with Gasteiger partial charge in [-0.15, -0.1) is 0 Å². The molecule has 2 rings (SSSR count). The number of carbonyl (C=O) groups excluding carboxylic acids is 1. The molecule has 3 nitrogen and oxygen atoms in total. The van der Waals surface area contributed by atoms with Crippen LogP contribution in [0.5, 0.6) is 0 Å². The van der Waals surface area contributed by atoms with Crippen LogP contribution in [-0.4, -0.2) is 9.81 Å². The Balaban J connectivity index is 2.39. The molecule has 0 aliphatic heterocycles. The Morgan fingerprint density at radius 3 is 2.48 bits per heavy atom. The lowest BCUT2D eigenvalue weighted by molar-refractivity contribution is 0.108. The van der Waals surface area contributed by atoms with Crippen molar-refractivity contribution in [1.82, 2.24) is 4.57 Å². The first-order valence-electron chi connectivity index (χ1n) is 7.05. The van der Waals surface area contributed by atoms with Gasteiger partial charge in [-0.05, 0) is 49.1 Å². The molecule has 0 fully saturated rings. The molecule has 0 aliphatic rings. The van der Waals surface area contributed by atoms with Crippen LogP contribution in [0.1, 0.15) is 41.4 Å². The molecule has 1 aromatic carbocycles. The number of aromatic nitrogens is 1. The summed E-state index contributed by atoms with van der Waals surface area (Å²) < 4.78 is 1.81. The van der Waals surface area contributed by atoms with Gasteiger partial charge in [0.25, 0.3) is 5.24 Å². The molecule has 0 aliphatic carbocycles. The van der Waals surface area contributed by atoms with E-state index in [9.17, 15) is 9.59 Å². The van der Waals surface area contributed by atoms with Crippen LogP contribution >= 0.6 is 11.6 Å². The summed E-state index contributed by atoms with van der Waals surface area (Å²) in [7, 11) is 0. The van der Waals surface area contributed by atoms with Gasteiger partial charge in [-0.1, -0.05) is 25.5 Å². The fourth-order valence-corrected chi connectivity index (χ4v) is 2.40. The van der Waals surface area contributed by atoms with E-state index in [1.165, 1.54) is 30.7 Å². The van der Waals surface area contributed by atoms with Gasteiger partial charge in [0.15, 0.2) is 5.43 Å². The third-order valence-corrected chi connectivity index (χ3v) is 3.69. The van der Waals surface area contributed by atoms with Crippen molar-refractivity contribution in [1.29, 1.82) is 0 Å². The standard InChI is InChI=1S/C17H18ClNO2/c1-3-4-5-13-6-8-14(9-7-13)19-11-15(17(18)21)16(20)10-12(19)2/h6-11H,3-5H2,1-2H3. The van der Waals surface area contributed by atoms with Crippen LogP contribution in [-0.2, 0) is 6.42 Å². The summed E-state index contributed by atoms with van der Waals surface area (Å²) in [6.45, 7) is 4.00. The highest BCUT2D eigenvalue weighted by atomic mass is 35.5. The zero-order chi connectivity index (χ0) is 15.4. The Bertz CT molecular complexity index is 702. The van der Waals surface area contributed by atoms with E-state index >= 15 is 0 Å². The molecule has 21 heavy (non-hydrogen) atoms. The smallest absolute Gasteiger partial charge is 0.257 e. The van der Waals surface area contributed by atoms with E-state index < -0.39 is 5.24 Å². The van der Waals surface area contributed by atoms with E-state index in [0.29, 0.717) is 0 Å². The minimum Gasteiger partial charge on any atom is -0.320 e. The summed E-state index contributed by atoms with van der Waals surface area (Å²) in [5, 5.41) is -0.728. The van der Waals surface area contributed by atoms with Crippen molar-refractivity contribution >= 4 is 16.8 Å². The van der Waals surface area contributed by atoms with Crippen LogP contribution in [0.3, 0.4) is 0 Å². The average Bonchev–Trinajstić information content (AvgIpc) is 2.45. The van der Waals surface area contributed by atoms with Crippen molar-refractivity contribution in [3.05, 3.63) is 63.6 Å². The van der Waals surface area contributed by atoms with E-state index in [1.807, 2.05) is 19.1 Å². The summed E-state index contributed by atoms with van der Waals surface area (Å²) in [5.41, 5.74) is 2.61. The largest absolute Gasteiger partial charge is 0.320 e. The second kappa shape index (κ2) is 6.72. The van der Waals surface area contributed by atoms with E-state index in [-0.39, 0.29) is 11.0 Å². The zero-order valence-electron chi connectivity index (χ0n) is 12.2. The Morgan fingerprint density at radius 1 is 1.24 bits per heavy atom. The molecule has 1 heterocycles. The minimum absolute atomic E-state index is 0.00248. The van der Waals surface area contributed by atoms with Gasteiger partial charge in [0.1, 0.15) is 0 Å². The SMILES string of the molecule is CCCCc1ccc(-n2cc(C(=O)Cl)c(=O)cc2C)cc1. The second-order valence-electron chi connectivity index (χ2n) is 5.11. The van der Waals surface area contributed by atoms with Crippen LogP contribution in [0.2, 0.25) is 0 Å². The molecule has 0 unspecified atom stereocenters. The molecule has 0 bridgehead atoms. The highest BCUT2D eigenvalue weighted by Crippen LogP contribution is 2.14. The van der Waals surface area contributed by atoms with Gasteiger partial charge in [0.05, 0.1) is 5.56 Å². The van der Waals surface area contributed by atoms with Gasteiger partial charge in [0.2, 0.25) is 0 Å². The molecule has 0 N–H and O–H groups in total. The van der Waals surface area contributed by atoms with Gasteiger partial charge < -0.3 is 4.57 Å². The van der Waals surface area contributed by atoms with E-state index in [1.54, 1.807) is 4.57 Å². The first-order chi connectivity index (χ1) is 10.0. The lowest BCUT2D eigenvalue weighted by atomic mass is 10.1. The highest BCUT2D eigenvalue weighted by molar-refractivity contribution is 6.67. The first-order valence-corrected chi connectivity index (χ1v) is 7.43. The number of nitrogens with zero attached hydrogens (tertiary/aromatic N) is 1. The summed E-state index contributed by atoms with van der Waals surface area (Å²) in [6, 6.07) is 9.56. The van der Waals surface area contributed by atoms with Gasteiger partial charge in [0, 0.05) is 23.6 Å². The monoisotopic (exact) mass is 303 g/mol. The number of aryl methyl sites for hydroxylation is 2. The number of hydrogen-bond donors (Lipinski definition) is 0. The molecule has 110 valence electrons. The molecule has 0 amide bonds. The number of hydrogen-bond acceptors (Lipinski definition) is 2. The molecule has 0 saturated carbocycles. The van der Waals surface area contributed by atoms with Crippen molar-refractivity contribution in [2.45, 2.75) is 33.1 Å². The molecule has 0 saturated heterocycles. The predicted molar refractivity (Wildman–Crippen MR) is 85.6 cm³/mol. The molecular formula is C17H18ClNO2. The maximum absolute atomic E-state index is 11.7. The Morgan fingerprint density at radius 2 is 1.90 bits per heavy atom. The van der Waals surface area contributed by atoms with Crippen molar-refractivity contribution < 1.29 is 4.79 Å². The maximum Gasteiger partial charge on any atom is 0.257 e. The fraction of sp³-hybridized carbons (Fsp3) is 0.294. The lowest BCUT2D eigenvalue weighted by Gasteiger charge is -2.12. The topological polar surface area (TPSA) is 39.1 Å². The summed E-state index contributed by atoms with van der Waals surface area (Å²) in [5.74, 6) is 0. The van der Waals surface area contributed by atoms with Crippen molar-refractivity contribution in [3.63, 3.8) is 0 Å². The number of halogens is 1. The van der Waals surface area contributed by atoms with Crippen molar-refractivity contribution in [2.24, 2.45) is 0 Å². The Kier molecular flexibility index (Phi) is 4.97. The minimum atomic E-state index is -0.728. The average molecular weight is 304 g/mol. The lowest BCUT2D eigenvalue weighted by Crippen LogP contribution is -2.16. The van der Waals surface area contributed by atoms with Crippen molar-refractivity contribution in [2.75, 3.05) is 0 Å². The molecule has 0 radical (unpaired) electrons. The Hall–Kier alpha value is -1.87. The molecule has 4 heteroatoms. The predicted octanol–water partition coefficient (Wildman–Crippen LogP) is 3.87. The second-order valence-corrected chi connectivity index (χ2v) is 5.45. The van der Waals surface area contributed by atoms with Crippen LogP contribution < -0.4 is 5.43 Å². The number of unbranched alkanes of at least 4 members (excludes halogenated alkanes) is 1. The van der Waals surface area contributed by atoms with E-state index in [2.05, 4.69) is 19.1 Å². The molecule has 1 aromatic heterocycles. The summed E-state index contributed by atoms with van der Waals surface area (Å²) in [4.78, 5) is 23.0. The van der Waals surface area contributed by atoms with Gasteiger partial charge in [-0.25, -0.2) is 0 Å². The van der Waals surface area contributed by atoms with Crippen LogP contribution in [0.4, 0.5) is 0 Å². The maximum atomic E-state index is 11.7. The number of benzene rings is 1. The molecule has 0 atom stereocenters. The van der Waals surface area contributed by atoms with Crippen LogP contribution in [0, 0.1) is 6.92 Å². The third kappa shape index (κ3) is 3.61. The van der Waals surface area contributed by atoms with Gasteiger partial charge in [-0.2, -0.15) is 0 Å². The molecule has 2 aromatic rings. The fourth-order valence-electron chi connectivity index (χ4n) is 2.26. The first kappa shape index (κ1) is 15.5. The number of pyridine rings is 1. The Labute approximate surface area is 129 Å². The van der Waals surface area contributed by atoms with Crippen LogP contribution in [0.15, 0.2) is 41.3 Å². The quantitative estimate of drug-likeness (QED) is 0.787. The van der Waals surface area contributed by atoms with Gasteiger partial charge >= 0.3 is 0 Å². The molecule has 0 spiro atoms. The van der Waals surface area contributed by atoms with Crippen LogP contribution in [0.25, 0.3) is 5.69 Å². The number of rotatable bonds is 5. The summed E-state index contributed by atoms with van der Waals surface area (Å²) >= 11 is 5.45. The molecular weight excluding hydrogens is 286 g/mol. The van der Waals surface area contributed by atoms with E-state index in [4.69, 9.17) is 11.6 Å². The zero-order valence-corrected chi connectivity index (χ0v) is 13.0. The number of carbonyl (C=O) groups is 1. The summed E-state index contributed by atoms with van der Waals surface area (Å²) in [6.07, 6.45) is 4.91.